The lowest BCUT2D eigenvalue weighted by Gasteiger charge is -2.10. The molecule has 1 aromatic heterocycles. The zero-order valence-corrected chi connectivity index (χ0v) is 8.84. The van der Waals surface area contributed by atoms with Gasteiger partial charge in [-0.05, 0) is 34.3 Å². The van der Waals surface area contributed by atoms with E-state index >= 15 is 0 Å². The molecule has 0 saturated carbocycles. The maximum Gasteiger partial charge on any atom is 0.174 e. The molecule has 1 N–H and O–H groups in total. The average Bonchev–Trinajstić information content (AvgIpc) is 2.33. The zero-order chi connectivity index (χ0) is 9.14. The third-order valence-electron chi connectivity index (χ3n) is 1.70. The summed E-state index contributed by atoms with van der Waals surface area (Å²) in [4.78, 5) is 0. The Morgan fingerprint density at radius 1 is 1.58 bits per heavy atom. The van der Waals surface area contributed by atoms with Crippen molar-refractivity contribution in [3.8, 4) is 0 Å². The molecular formula is C9H13BrO2. The van der Waals surface area contributed by atoms with E-state index in [0.29, 0.717) is 10.6 Å². The van der Waals surface area contributed by atoms with Crippen LogP contribution in [-0.4, -0.2) is 5.11 Å². The van der Waals surface area contributed by atoms with Gasteiger partial charge in [0, 0.05) is 5.56 Å². The van der Waals surface area contributed by atoms with Crippen molar-refractivity contribution in [3.05, 3.63) is 22.6 Å². The summed E-state index contributed by atoms with van der Waals surface area (Å²) in [6.07, 6.45) is 1.92. The Bertz CT molecular complexity index is 242. The molecule has 1 unspecified atom stereocenters. The molecule has 1 aromatic rings. The van der Waals surface area contributed by atoms with Crippen LogP contribution in [0.15, 0.2) is 21.4 Å². The molecule has 0 aliphatic rings. The first kappa shape index (κ1) is 9.81. The molecule has 68 valence electrons. The lowest BCUT2D eigenvalue weighted by atomic mass is 10.0. The number of halogens is 1. The van der Waals surface area contributed by atoms with Crippen LogP contribution in [0.1, 0.15) is 31.9 Å². The Labute approximate surface area is 80.7 Å². The summed E-state index contributed by atoms with van der Waals surface area (Å²) in [5.41, 5.74) is 0.837. The summed E-state index contributed by atoms with van der Waals surface area (Å²) in [7, 11) is 0. The van der Waals surface area contributed by atoms with Gasteiger partial charge in [0.05, 0.1) is 12.4 Å². The van der Waals surface area contributed by atoms with Crippen molar-refractivity contribution in [2.45, 2.75) is 26.4 Å². The summed E-state index contributed by atoms with van der Waals surface area (Å²) < 4.78 is 5.66. The van der Waals surface area contributed by atoms with Gasteiger partial charge in [-0.15, -0.1) is 0 Å². The molecule has 1 atom stereocenters. The average molecular weight is 233 g/mol. The van der Waals surface area contributed by atoms with Crippen molar-refractivity contribution in [2.24, 2.45) is 5.92 Å². The van der Waals surface area contributed by atoms with Crippen LogP contribution >= 0.6 is 15.9 Å². The molecule has 0 bridgehead atoms. The van der Waals surface area contributed by atoms with E-state index in [1.165, 1.54) is 0 Å². The maximum absolute atomic E-state index is 9.67. The van der Waals surface area contributed by atoms with Gasteiger partial charge >= 0.3 is 0 Å². The molecule has 3 heteroatoms. The standard InChI is InChI=1S/C9H13BrO2/c1-6(2)5-8(11)7-3-4-12-9(7)10/h3-4,6,8,11H,5H2,1-2H3. The van der Waals surface area contributed by atoms with Gasteiger partial charge in [0.25, 0.3) is 0 Å². The second kappa shape index (κ2) is 4.10. The van der Waals surface area contributed by atoms with Gasteiger partial charge in [0.15, 0.2) is 4.67 Å². The highest BCUT2D eigenvalue weighted by Gasteiger charge is 2.14. The van der Waals surface area contributed by atoms with Crippen molar-refractivity contribution in [3.63, 3.8) is 0 Å². The number of aliphatic hydroxyl groups is 1. The van der Waals surface area contributed by atoms with E-state index in [-0.39, 0.29) is 0 Å². The van der Waals surface area contributed by atoms with Crippen LogP contribution in [0, 0.1) is 5.92 Å². The molecule has 0 aliphatic heterocycles. The van der Waals surface area contributed by atoms with E-state index < -0.39 is 6.10 Å². The Kier molecular flexibility index (Phi) is 3.35. The third kappa shape index (κ3) is 2.35. The molecule has 12 heavy (non-hydrogen) atoms. The third-order valence-corrected chi connectivity index (χ3v) is 2.34. The molecule has 0 amide bonds. The number of hydrogen-bond acceptors (Lipinski definition) is 2. The fourth-order valence-electron chi connectivity index (χ4n) is 1.12. The lowest BCUT2D eigenvalue weighted by Crippen LogP contribution is -2.00. The topological polar surface area (TPSA) is 33.4 Å². The Hall–Kier alpha value is -0.280. The largest absolute Gasteiger partial charge is 0.457 e. The monoisotopic (exact) mass is 232 g/mol. The second-order valence-electron chi connectivity index (χ2n) is 3.29. The van der Waals surface area contributed by atoms with Crippen molar-refractivity contribution < 1.29 is 9.52 Å². The Balaban J connectivity index is 2.65. The molecule has 0 spiro atoms. The molecule has 0 aromatic carbocycles. The van der Waals surface area contributed by atoms with Crippen LogP contribution in [0.25, 0.3) is 0 Å². The van der Waals surface area contributed by atoms with E-state index in [1.807, 2.05) is 0 Å². The van der Waals surface area contributed by atoms with E-state index in [0.717, 1.165) is 12.0 Å². The minimum atomic E-state index is -0.418. The fraction of sp³-hybridized carbons (Fsp3) is 0.556. The zero-order valence-electron chi connectivity index (χ0n) is 7.25. The van der Waals surface area contributed by atoms with Gasteiger partial charge in [-0.3, -0.25) is 0 Å². The Morgan fingerprint density at radius 2 is 2.25 bits per heavy atom. The minimum Gasteiger partial charge on any atom is -0.457 e. The smallest absolute Gasteiger partial charge is 0.174 e. The van der Waals surface area contributed by atoms with Crippen molar-refractivity contribution in [2.75, 3.05) is 0 Å². The summed E-state index contributed by atoms with van der Waals surface area (Å²) in [5, 5.41) is 9.67. The number of aliphatic hydroxyl groups excluding tert-OH is 1. The number of hydrogen-bond donors (Lipinski definition) is 1. The first-order valence-corrected chi connectivity index (χ1v) is 4.81. The second-order valence-corrected chi connectivity index (χ2v) is 4.02. The van der Waals surface area contributed by atoms with Crippen LogP contribution < -0.4 is 0 Å². The normalized spacial score (nSPS) is 13.8. The number of rotatable bonds is 3. The van der Waals surface area contributed by atoms with Crippen LogP contribution in [0.3, 0.4) is 0 Å². The molecule has 2 nitrogen and oxygen atoms in total. The van der Waals surface area contributed by atoms with Crippen LogP contribution in [0.2, 0.25) is 0 Å². The Morgan fingerprint density at radius 3 is 2.67 bits per heavy atom. The van der Waals surface area contributed by atoms with Gasteiger partial charge < -0.3 is 9.52 Å². The molecule has 0 saturated heterocycles. The van der Waals surface area contributed by atoms with Gasteiger partial charge in [0.1, 0.15) is 0 Å². The molecule has 0 fully saturated rings. The predicted molar refractivity (Wildman–Crippen MR) is 50.8 cm³/mol. The summed E-state index contributed by atoms with van der Waals surface area (Å²) in [6, 6.07) is 1.79. The van der Waals surface area contributed by atoms with E-state index in [1.54, 1.807) is 12.3 Å². The van der Waals surface area contributed by atoms with Crippen molar-refractivity contribution in [1.82, 2.24) is 0 Å². The minimum absolute atomic E-state index is 0.418. The summed E-state index contributed by atoms with van der Waals surface area (Å²) in [6.45, 7) is 4.16. The fourth-order valence-corrected chi connectivity index (χ4v) is 1.62. The highest BCUT2D eigenvalue weighted by atomic mass is 79.9. The lowest BCUT2D eigenvalue weighted by molar-refractivity contribution is 0.149. The molecule has 1 heterocycles. The number of furan rings is 1. The maximum atomic E-state index is 9.67. The van der Waals surface area contributed by atoms with Crippen LogP contribution in [0.4, 0.5) is 0 Å². The quantitative estimate of drug-likeness (QED) is 0.869. The first-order chi connectivity index (χ1) is 5.61. The van der Waals surface area contributed by atoms with Crippen LogP contribution in [0.5, 0.6) is 0 Å². The molecule has 1 rings (SSSR count). The SMILES string of the molecule is CC(C)CC(O)c1ccoc1Br. The van der Waals surface area contributed by atoms with Gasteiger partial charge in [-0.25, -0.2) is 0 Å². The van der Waals surface area contributed by atoms with Gasteiger partial charge in [-0.2, -0.15) is 0 Å². The molecule has 0 radical (unpaired) electrons. The summed E-state index contributed by atoms with van der Waals surface area (Å²) in [5.74, 6) is 0.488. The van der Waals surface area contributed by atoms with Crippen molar-refractivity contribution >= 4 is 15.9 Å². The van der Waals surface area contributed by atoms with E-state index in [2.05, 4.69) is 29.8 Å². The van der Waals surface area contributed by atoms with Crippen molar-refractivity contribution in [1.29, 1.82) is 0 Å². The summed E-state index contributed by atoms with van der Waals surface area (Å²) >= 11 is 3.23. The van der Waals surface area contributed by atoms with E-state index in [4.69, 9.17) is 4.42 Å². The van der Waals surface area contributed by atoms with Crippen LogP contribution in [-0.2, 0) is 0 Å². The van der Waals surface area contributed by atoms with Gasteiger partial charge in [-0.1, -0.05) is 13.8 Å². The highest BCUT2D eigenvalue weighted by Crippen LogP contribution is 2.28. The highest BCUT2D eigenvalue weighted by molar-refractivity contribution is 9.10. The van der Waals surface area contributed by atoms with E-state index in [9.17, 15) is 5.11 Å². The molecule has 0 aliphatic carbocycles. The molecular weight excluding hydrogens is 220 g/mol. The van der Waals surface area contributed by atoms with Gasteiger partial charge in [0.2, 0.25) is 0 Å². The first-order valence-electron chi connectivity index (χ1n) is 4.02. The predicted octanol–water partition coefficient (Wildman–Crippen LogP) is 3.12.